The molecule has 0 amide bonds. The largest absolute Gasteiger partial charge is 0.384 e. The molecule has 1 rings (SSSR count). The zero-order chi connectivity index (χ0) is 16.1. The van der Waals surface area contributed by atoms with Crippen molar-refractivity contribution in [3.63, 3.8) is 0 Å². The van der Waals surface area contributed by atoms with E-state index < -0.39 is 19.9 Å². The second-order valence-electron chi connectivity index (χ2n) is 4.35. The van der Waals surface area contributed by atoms with Crippen LogP contribution in [0.2, 0.25) is 0 Å². The van der Waals surface area contributed by atoms with Crippen LogP contribution in [0, 0.1) is 0 Å². The second-order valence-corrected chi connectivity index (χ2v) is 9.09. The molecular formula is C12H20N2O4S3. The van der Waals surface area contributed by atoms with Crippen molar-refractivity contribution in [1.82, 2.24) is 4.72 Å². The lowest BCUT2D eigenvalue weighted by Gasteiger charge is -2.13. The monoisotopic (exact) mass is 352 g/mol. The zero-order valence-electron chi connectivity index (χ0n) is 12.2. The average molecular weight is 353 g/mol. The normalized spacial score (nSPS) is 12.3. The molecule has 6 nitrogen and oxygen atoms in total. The van der Waals surface area contributed by atoms with Crippen LogP contribution in [0.5, 0.6) is 0 Å². The standard InChI is InChI=1S/C12H20N2O4S3/c1-4-13-11-6-5-10(20(3,15)16)9-12(11)21(17,18)14-7-8-19-2/h5-6,9,13-14H,4,7-8H2,1-3H3. The Morgan fingerprint density at radius 2 is 1.86 bits per heavy atom. The van der Waals surface area contributed by atoms with Crippen LogP contribution in [0.1, 0.15) is 6.92 Å². The molecule has 0 fully saturated rings. The van der Waals surface area contributed by atoms with Crippen molar-refractivity contribution < 1.29 is 16.8 Å². The van der Waals surface area contributed by atoms with Crippen LogP contribution < -0.4 is 10.0 Å². The maximum Gasteiger partial charge on any atom is 0.242 e. The topological polar surface area (TPSA) is 92.3 Å². The Bertz CT molecular complexity index is 684. The quantitative estimate of drug-likeness (QED) is 0.682. The number of hydrogen-bond donors (Lipinski definition) is 2. The van der Waals surface area contributed by atoms with Crippen molar-refractivity contribution in [2.24, 2.45) is 0 Å². The van der Waals surface area contributed by atoms with Crippen molar-refractivity contribution in [2.75, 3.05) is 36.7 Å². The number of benzene rings is 1. The van der Waals surface area contributed by atoms with Crippen molar-refractivity contribution in [2.45, 2.75) is 16.7 Å². The van der Waals surface area contributed by atoms with Gasteiger partial charge in [0.2, 0.25) is 10.0 Å². The smallest absolute Gasteiger partial charge is 0.242 e. The third-order valence-electron chi connectivity index (χ3n) is 2.64. The Hall–Kier alpha value is -0.770. The molecule has 0 spiro atoms. The van der Waals surface area contributed by atoms with Crippen LogP contribution in [0.4, 0.5) is 5.69 Å². The fourth-order valence-corrected chi connectivity index (χ4v) is 4.04. The molecule has 1 aromatic carbocycles. The minimum Gasteiger partial charge on any atom is -0.384 e. The Kier molecular flexibility index (Phi) is 6.51. The highest BCUT2D eigenvalue weighted by Gasteiger charge is 2.21. The maximum atomic E-state index is 12.3. The highest BCUT2D eigenvalue weighted by atomic mass is 32.2. The molecule has 0 aromatic heterocycles. The highest BCUT2D eigenvalue weighted by Crippen LogP contribution is 2.25. The van der Waals surface area contributed by atoms with Gasteiger partial charge in [0.05, 0.1) is 10.6 Å². The molecule has 0 aliphatic heterocycles. The van der Waals surface area contributed by atoms with Gasteiger partial charge in [-0.3, -0.25) is 0 Å². The van der Waals surface area contributed by atoms with Gasteiger partial charge in [-0.05, 0) is 31.4 Å². The first-order valence-electron chi connectivity index (χ1n) is 6.29. The Balaban J connectivity index is 3.29. The fraction of sp³-hybridized carbons (Fsp3) is 0.500. The van der Waals surface area contributed by atoms with Crippen LogP contribution in [0.25, 0.3) is 0 Å². The van der Waals surface area contributed by atoms with E-state index in [1.807, 2.05) is 13.2 Å². The first kappa shape index (κ1) is 18.3. The van der Waals surface area contributed by atoms with E-state index in [-0.39, 0.29) is 16.3 Å². The molecule has 0 aliphatic rings. The molecule has 21 heavy (non-hydrogen) atoms. The molecule has 0 bridgehead atoms. The molecule has 0 aliphatic carbocycles. The molecule has 2 N–H and O–H groups in total. The van der Waals surface area contributed by atoms with Gasteiger partial charge in [0.1, 0.15) is 4.90 Å². The summed E-state index contributed by atoms with van der Waals surface area (Å²) >= 11 is 1.52. The summed E-state index contributed by atoms with van der Waals surface area (Å²) < 4.78 is 50.3. The van der Waals surface area contributed by atoms with E-state index in [1.165, 1.54) is 30.0 Å². The average Bonchev–Trinajstić information content (AvgIpc) is 2.38. The molecule has 9 heteroatoms. The molecule has 120 valence electrons. The number of hydrogen-bond acceptors (Lipinski definition) is 6. The van der Waals surface area contributed by atoms with Crippen molar-refractivity contribution in [3.05, 3.63) is 18.2 Å². The van der Waals surface area contributed by atoms with Crippen molar-refractivity contribution >= 4 is 37.3 Å². The van der Waals surface area contributed by atoms with E-state index in [1.54, 1.807) is 0 Å². The van der Waals surface area contributed by atoms with Crippen molar-refractivity contribution in [1.29, 1.82) is 0 Å². The van der Waals surface area contributed by atoms with Crippen molar-refractivity contribution in [3.8, 4) is 0 Å². The zero-order valence-corrected chi connectivity index (χ0v) is 14.7. The third-order valence-corrected chi connectivity index (χ3v) is 5.86. The SMILES string of the molecule is CCNc1ccc(S(C)(=O)=O)cc1S(=O)(=O)NCCSC. The number of sulfonamides is 1. The lowest BCUT2D eigenvalue weighted by molar-refractivity contribution is 0.584. The van der Waals surface area contributed by atoms with Gasteiger partial charge in [-0.25, -0.2) is 21.6 Å². The van der Waals surface area contributed by atoms with E-state index in [0.717, 1.165) is 6.26 Å². The summed E-state index contributed by atoms with van der Waals surface area (Å²) in [5, 5.41) is 2.93. The van der Waals surface area contributed by atoms with E-state index in [4.69, 9.17) is 0 Å². The number of nitrogens with one attached hydrogen (secondary N) is 2. The van der Waals surface area contributed by atoms with Crippen LogP contribution in [-0.2, 0) is 19.9 Å². The molecule has 0 radical (unpaired) electrons. The Labute approximate surface area is 130 Å². The van der Waals surface area contributed by atoms with Crippen LogP contribution in [0.15, 0.2) is 28.0 Å². The van der Waals surface area contributed by atoms with Gasteiger partial charge in [0, 0.05) is 25.1 Å². The molecule has 0 atom stereocenters. The maximum absolute atomic E-state index is 12.3. The first-order chi connectivity index (χ1) is 9.72. The van der Waals surface area contributed by atoms with Gasteiger partial charge in [-0.2, -0.15) is 11.8 Å². The number of sulfone groups is 1. The van der Waals surface area contributed by atoms with Gasteiger partial charge in [0.25, 0.3) is 0 Å². The van der Waals surface area contributed by atoms with E-state index in [2.05, 4.69) is 10.0 Å². The lowest BCUT2D eigenvalue weighted by atomic mass is 10.3. The number of thioether (sulfide) groups is 1. The van der Waals surface area contributed by atoms with E-state index in [0.29, 0.717) is 18.0 Å². The first-order valence-corrected chi connectivity index (χ1v) is 11.1. The van der Waals surface area contributed by atoms with Crippen LogP contribution in [0.3, 0.4) is 0 Å². The Morgan fingerprint density at radius 3 is 2.38 bits per heavy atom. The number of rotatable bonds is 8. The second kappa shape index (κ2) is 7.48. The summed E-state index contributed by atoms with van der Waals surface area (Å²) in [6.45, 7) is 2.66. The summed E-state index contributed by atoms with van der Waals surface area (Å²) in [5.41, 5.74) is 0.390. The minimum atomic E-state index is -3.76. The molecule has 0 unspecified atom stereocenters. The molecule has 0 heterocycles. The Morgan fingerprint density at radius 1 is 1.19 bits per heavy atom. The predicted octanol–water partition coefficient (Wildman–Crippen LogP) is 1.16. The predicted molar refractivity (Wildman–Crippen MR) is 87.3 cm³/mol. The summed E-state index contributed by atoms with van der Waals surface area (Å²) in [7, 11) is -7.23. The van der Waals surface area contributed by atoms with Crippen LogP contribution >= 0.6 is 11.8 Å². The van der Waals surface area contributed by atoms with Gasteiger partial charge in [-0.15, -0.1) is 0 Å². The summed E-state index contributed by atoms with van der Waals surface area (Å²) in [6.07, 6.45) is 2.93. The van der Waals surface area contributed by atoms with Gasteiger partial charge >= 0.3 is 0 Å². The summed E-state index contributed by atoms with van der Waals surface area (Å²) in [6, 6.07) is 4.06. The van der Waals surface area contributed by atoms with E-state index >= 15 is 0 Å². The van der Waals surface area contributed by atoms with E-state index in [9.17, 15) is 16.8 Å². The highest BCUT2D eigenvalue weighted by molar-refractivity contribution is 7.98. The van der Waals surface area contributed by atoms with Gasteiger partial charge in [-0.1, -0.05) is 0 Å². The molecule has 0 saturated heterocycles. The lowest BCUT2D eigenvalue weighted by Crippen LogP contribution is -2.27. The molecule has 0 saturated carbocycles. The van der Waals surface area contributed by atoms with Gasteiger partial charge in [0.15, 0.2) is 9.84 Å². The van der Waals surface area contributed by atoms with Crippen LogP contribution in [-0.4, -0.2) is 48.2 Å². The third kappa shape index (κ3) is 5.17. The number of anilines is 1. The minimum absolute atomic E-state index is 0.0191. The van der Waals surface area contributed by atoms with Gasteiger partial charge < -0.3 is 5.32 Å². The summed E-state index contributed by atoms with van der Waals surface area (Å²) in [5.74, 6) is 0.640. The molecule has 1 aromatic rings. The summed E-state index contributed by atoms with van der Waals surface area (Å²) in [4.78, 5) is -0.0669. The fourth-order valence-electron chi connectivity index (χ4n) is 1.65. The molecular weight excluding hydrogens is 332 g/mol.